The first-order valence-corrected chi connectivity index (χ1v) is 8.62. The molecule has 2 atom stereocenters. The molecule has 0 aromatic heterocycles. The van der Waals surface area contributed by atoms with Crippen molar-refractivity contribution in [3.8, 4) is 0 Å². The van der Waals surface area contributed by atoms with Crippen LogP contribution in [0.5, 0.6) is 0 Å². The molecule has 0 saturated carbocycles. The average molecular weight is 406 g/mol. The fourth-order valence-corrected chi connectivity index (χ4v) is 3.31. The molecule has 2 fully saturated rings. The highest BCUT2D eigenvalue weighted by molar-refractivity contribution is 5.86. The van der Waals surface area contributed by atoms with Gasteiger partial charge < -0.3 is 20.4 Å². The zero-order valence-corrected chi connectivity index (χ0v) is 17.4. The third-order valence-electron chi connectivity index (χ3n) is 4.72. The van der Waals surface area contributed by atoms with Crippen LogP contribution in [-0.4, -0.2) is 74.1 Å². The predicted octanol–water partition coefficient (Wildman–Crippen LogP) is 1.78. The molecule has 0 bridgehead atoms. The first kappa shape index (κ1) is 26.4. The third kappa shape index (κ3) is 9.64. The number of nitrogens with one attached hydrogen (secondary N) is 2. The topological polar surface area (TPSA) is 47.6 Å². The van der Waals surface area contributed by atoms with Crippen molar-refractivity contribution in [2.75, 3.05) is 52.4 Å². The largest absolute Gasteiger partial charge is 0.356 e. The maximum absolute atomic E-state index is 11.9. The van der Waals surface area contributed by atoms with Crippen molar-refractivity contribution in [3.05, 3.63) is 0 Å². The van der Waals surface area contributed by atoms with Gasteiger partial charge in [-0.2, -0.15) is 0 Å². The van der Waals surface area contributed by atoms with E-state index >= 15 is 0 Å². The van der Waals surface area contributed by atoms with E-state index in [4.69, 9.17) is 0 Å². The molecule has 0 spiro atoms. The van der Waals surface area contributed by atoms with Gasteiger partial charge in [0.05, 0.1) is 0 Å². The summed E-state index contributed by atoms with van der Waals surface area (Å²) in [4.78, 5) is 16.9. The fraction of sp³-hybridized carbons (Fsp3) is 0.938. The summed E-state index contributed by atoms with van der Waals surface area (Å²) in [6.45, 7) is 13.3. The van der Waals surface area contributed by atoms with E-state index in [9.17, 15) is 4.79 Å². The van der Waals surface area contributed by atoms with Crippen LogP contribution in [0.1, 0.15) is 33.1 Å². The van der Waals surface area contributed by atoms with Gasteiger partial charge in [0.1, 0.15) is 0 Å². The van der Waals surface area contributed by atoms with E-state index in [2.05, 4.69) is 34.3 Å². The zero-order chi connectivity index (χ0) is 15.1. The van der Waals surface area contributed by atoms with Crippen LogP contribution >= 0.6 is 37.2 Å². The van der Waals surface area contributed by atoms with Gasteiger partial charge >= 0.3 is 0 Å². The van der Waals surface area contributed by atoms with Crippen molar-refractivity contribution in [1.82, 2.24) is 20.4 Å². The average Bonchev–Trinajstić information content (AvgIpc) is 2.99. The lowest BCUT2D eigenvalue weighted by Crippen LogP contribution is -2.48. The van der Waals surface area contributed by atoms with Gasteiger partial charge in [0.15, 0.2) is 0 Å². The molecular weight excluding hydrogens is 371 g/mol. The number of hydrogen-bond donors (Lipinski definition) is 2. The zero-order valence-electron chi connectivity index (χ0n) is 15.0. The number of nitrogens with zero attached hydrogens (tertiary/aromatic N) is 2. The van der Waals surface area contributed by atoms with Crippen molar-refractivity contribution in [3.63, 3.8) is 0 Å². The molecule has 2 aliphatic rings. The molecular formula is C16H35Cl3N4O. The Morgan fingerprint density at radius 3 is 2.33 bits per heavy atom. The summed E-state index contributed by atoms with van der Waals surface area (Å²) in [7, 11) is 0. The molecule has 0 aromatic rings. The van der Waals surface area contributed by atoms with E-state index in [1.807, 2.05) is 0 Å². The summed E-state index contributed by atoms with van der Waals surface area (Å²) in [6.07, 6.45) is 2.99. The van der Waals surface area contributed by atoms with Gasteiger partial charge in [-0.15, -0.1) is 37.2 Å². The van der Waals surface area contributed by atoms with Gasteiger partial charge in [0, 0.05) is 51.7 Å². The SMILES string of the molecule is CCN1CCN(CC(C)CNC(=O)CC2CCCN2)CC1.Cl.Cl.Cl. The highest BCUT2D eigenvalue weighted by Crippen LogP contribution is 2.09. The van der Waals surface area contributed by atoms with Crippen molar-refractivity contribution in [2.24, 2.45) is 5.92 Å². The molecule has 5 nitrogen and oxygen atoms in total. The molecule has 24 heavy (non-hydrogen) atoms. The van der Waals surface area contributed by atoms with Crippen LogP contribution in [-0.2, 0) is 4.79 Å². The number of likely N-dealkylation sites (N-methyl/N-ethyl adjacent to an activating group) is 1. The minimum Gasteiger partial charge on any atom is -0.356 e. The molecule has 146 valence electrons. The third-order valence-corrected chi connectivity index (χ3v) is 4.72. The minimum absolute atomic E-state index is 0. The van der Waals surface area contributed by atoms with Gasteiger partial charge in [0.2, 0.25) is 5.91 Å². The van der Waals surface area contributed by atoms with E-state index in [1.165, 1.54) is 19.5 Å². The monoisotopic (exact) mass is 404 g/mol. The van der Waals surface area contributed by atoms with Crippen molar-refractivity contribution in [2.45, 2.75) is 39.2 Å². The summed E-state index contributed by atoms with van der Waals surface area (Å²) in [5, 5.41) is 6.48. The maximum atomic E-state index is 11.9. The highest BCUT2D eigenvalue weighted by Gasteiger charge is 2.19. The lowest BCUT2D eigenvalue weighted by atomic mass is 10.1. The van der Waals surface area contributed by atoms with E-state index in [1.54, 1.807) is 0 Å². The van der Waals surface area contributed by atoms with Gasteiger partial charge in [-0.3, -0.25) is 4.79 Å². The Bertz CT molecular complexity index is 322. The predicted molar refractivity (Wildman–Crippen MR) is 108 cm³/mol. The number of rotatable bonds is 7. The second-order valence-electron chi connectivity index (χ2n) is 6.64. The Labute approximate surface area is 165 Å². The molecule has 8 heteroatoms. The molecule has 2 N–H and O–H groups in total. The first-order valence-electron chi connectivity index (χ1n) is 8.62. The second-order valence-corrected chi connectivity index (χ2v) is 6.64. The van der Waals surface area contributed by atoms with E-state index in [-0.39, 0.29) is 43.1 Å². The Kier molecular flexibility index (Phi) is 15.9. The minimum atomic E-state index is 0. The standard InChI is InChI=1S/C16H32N4O.3ClH/c1-3-19-7-9-20(10-8-19)13-14(2)12-18-16(21)11-15-5-4-6-17-15;;;/h14-15,17H,3-13H2,1-2H3,(H,18,21);3*1H. The molecule has 2 saturated heterocycles. The summed E-state index contributed by atoms with van der Waals surface area (Å²) >= 11 is 0. The van der Waals surface area contributed by atoms with Crippen molar-refractivity contribution in [1.29, 1.82) is 0 Å². The number of piperazine rings is 1. The summed E-state index contributed by atoms with van der Waals surface area (Å²) in [6, 6.07) is 0.405. The van der Waals surface area contributed by atoms with E-state index < -0.39 is 0 Å². The normalized spacial score (nSPS) is 22.7. The number of carbonyl (C=O) groups excluding carboxylic acids is 1. The molecule has 2 aliphatic heterocycles. The smallest absolute Gasteiger partial charge is 0.221 e. The van der Waals surface area contributed by atoms with E-state index in [0.29, 0.717) is 18.4 Å². The van der Waals surface area contributed by atoms with Crippen LogP contribution in [0.3, 0.4) is 0 Å². The first-order chi connectivity index (χ1) is 10.2. The van der Waals surface area contributed by atoms with Gasteiger partial charge in [-0.05, 0) is 31.8 Å². The summed E-state index contributed by atoms with van der Waals surface area (Å²) < 4.78 is 0. The molecule has 2 heterocycles. The Hall–Kier alpha value is 0.220. The number of amides is 1. The Balaban J connectivity index is 0. The maximum Gasteiger partial charge on any atom is 0.221 e. The second kappa shape index (κ2) is 14.4. The number of hydrogen-bond acceptors (Lipinski definition) is 4. The van der Waals surface area contributed by atoms with Crippen LogP contribution in [0.15, 0.2) is 0 Å². The van der Waals surface area contributed by atoms with Crippen LogP contribution in [0, 0.1) is 5.92 Å². The van der Waals surface area contributed by atoms with Crippen molar-refractivity contribution >= 4 is 43.1 Å². The Morgan fingerprint density at radius 1 is 1.17 bits per heavy atom. The van der Waals surface area contributed by atoms with Gasteiger partial charge in [-0.25, -0.2) is 0 Å². The van der Waals surface area contributed by atoms with Gasteiger partial charge in [-0.1, -0.05) is 13.8 Å². The number of halogens is 3. The quantitative estimate of drug-likeness (QED) is 0.678. The fourth-order valence-electron chi connectivity index (χ4n) is 3.31. The summed E-state index contributed by atoms with van der Waals surface area (Å²) in [5.41, 5.74) is 0. The molecule has 2 unspecified atom stereocenters. The molecule has 0 aliphatic carbocycles. The van der Waals surface area contributed by atoms with E-state index in [0.717, 1.165) is 45.7 Å². The Morgan fingerprint density at radius 2 is 1.79 bits per heavy atom. The van der Waals surface area contributed by atoms with Crippen LogP contribution in [0.4, 0.5) is 0 Å². The number of carbonyl (C=O) groups is 1. The lowest BCUT2D eigenvalue weighted by molar-refractivity contribution is -0.121. The molecule has 1 amide bonds. The van der Waals surface area contributed by atoms with Crippen molar-refractivity contribution < 1.29 is 4.79 Å². The highest BCUT2D eigenvalue weighted by atomic mass is 35.5. The molecule has 0 aromatic carbocycles. The lowest BCUT2D eigenvalue weighted by Gasteiger charge is -2.35. The molecule has 2 rings (SSSR count). The van der Waals surface area contributed by atoms with Crippen LogP contribution in [0.25, 0.3) is 0 Å². The van der Waals surface area contributed by atoms with Crippen LogP contribution in [0.2, 0.25) is 0 Å². The van der Waals surface area contributed by atoms with Gasteiger partial charge in [0.25, 0.3) is 0 Å². The van der Waals surface area contributed by atoms with Crippen LogP contribution < -0.4 is 10.6 Å². The molecule has 0 radical (unpaired) electrons. The summed E-state index contributed by atoms with van der Waals surface area (Å²) in [5.74, 6) is 0.732.